The van der Waals surface area contributed by atoms with Gasteiger partial charge in [-0.3, -0.25) is 19.3 Å². The summed E-state index contributed by atoms with van der Waals surface area (Å²) in [6.45, 7) is -0.633. The van der Waals surface area contributed by atoms with Crippen molar-refractivity contribution in [3.8, 4) is 5.75 Å². The summed E-state index contributed by atoms with van der Waals surface area (Å²) in [7, 11) is 0. The number of amides is 2. The van der Waals surface area contributed by atoms with E-state index in [2.05, 4.69) is 41.0 Å². The fourth-order valence-corrected chi connectivity index (χ4v) is 3.71. The van der Waals surface area contributed by atoms with Crippen LogP contribution in [0.2, 0.25) is 0 Å². The summed E-state index contributed by atoms with van der Waals surface area (Å²) in [6, 6.07) is 5.92. The van der Waals surface area contributed by atoms with Gasteiger partial charge in [0, 0.05) is 38.4 Å². The molecule has 3 aromatic heterocycles. The van der Waals surface area contributed by atoms with Gasteiger partial charge in [-0.1, -0.05) is 22.6 Å². The lowest BCUT2D eigenvalue weighted by Gasteiger charge is -2.10. The Morgan fingerprint density at radius 1 is 0.864 bits per heavy atom. The van der Waals surface area contributed by atoms with Crippen molar-refractivity contribution in [1.29, 1.82) is 0 Å². The molecular weight excluding hydrogens is 607 g/mol. The summed E-state index contributed by atoms with van der Waals surface area (Å²) < 4.78 is 96.4. The number of ether oxygens (including phenoxy) is 1. The topological polar surface area (TPSA) is 142 Å². The minimum atomic E-state index is -4.85. The molecule has 0 saturated heterocycles. The molecule has 12 nitrogen and oxygen atoms in total. The van der Waals surface area contributed by atoms with E-state index < -0.39 is 41.8 Å². The van der Waals surface area contributed by atoms with Crippen LogP contribution in [0.5, 0.6) is 5.75 Å². The number of pyridine rings is 1. The Balaban J connectivity index is 1.21. The molecule has 1 atom stereocenters. The molecule has 234 valence electrons. The SMILES string of the molecule is O=C(NCc1cccc(OC(F)(F)F)c1)c1cn(CCC(F)Cn2cc(C(=O)NCc3cncc(C(F)(F)F)c3)nn2)nn1. The van der Waals surface area contributed by atoms with E-state index in [9.17, 15) is 40.3 Å². The Kier molecular flexibility index (Phi) is 9.74. The molecule has 0 spiro atoms. The molecule has 2 amide bonds. The zero-order valence-corrected chi connectivity index (χ0v) is 22.3. The zero-order valence-electron chi connectivity index (χ0n) is 22.3. The number of alkyl halides is 7. The Bertz CT molecular complexity index is 1590. The summed E-state index contributed by atoms with van der Waals surface area (Å²) in [5.74, 6) is -1.83. The lowest BCUT2D eigenvalue weighted by molar-refractivity contribution is -0.274. The first-order chi connectivity index (χ1) is 20.7. The minimum absolute atomic E-state index is 0.0192. The van der Waals surface area contributed by atoms with E-state index in [0.717, 1.165) is 22.9 Å². The van der Waals surface area contributed by atoms with Crippen LogP contribution in [-0.4, -0.2) is 59.3 Å². The highest BCUT2D eigenvalue weighted by molar-refractivity contribution is 5.92. The molecule has 44 heavy (non-hydrogen) atoms. The summed E-state index contributed by atoms with van der Waals surface area (Å²) in [5.41, 5.74) is -0.783. The average Bonchev–Trinajstić information content (AvgIpc) is 3.63. The van der Waals surface area contributed by atoms with Crippen molar-refractivity contribution in [2.75, 3.05) is 0 Å². The van der Waals surface area contributed by atoms with Gasteiger partial charge in [-0.25, -0.2) is 9.07 Å². The van der Waals surface area contributed by atoms with Gasteiger partial charge >= 0.3 is 12.5 Å². The number of aryl methyl sites for hydroxylation is 1. The lowest BCUT2D eigenvalue weighted by Crippen LogP contribution is -2.23. The van der Waals surface area contributed by atoms with Gasteiger partial charge in [0.15, 0.2) is 11.4 Å². The molecule has 0 aliphatic carbocycles. The van der Waals surface area contributed by atoms with Crippen LogP contribution in [0.3, 0.4) is 0 Å². The van der Waals surface area contributed by atoms with Gasteiger partial charge < -0.3 is 15.4 Å². The van der Waals surface area contributed by atoms with E-state index in [-0.39, 0.29) is 49.6 Å². The third-order valence-corrected chi connectivity index (χ3v) is 5.76. The summed E-state index contributed by atoms with van der Waals surface area (Å²) >= 11 is 0. The van der Waals surface area contributed by atoms with Crippen molar-refractivity contribution >= 4 is 11.8 Å². The van der Waals surface area contributed by atoms with Crippen molar-refractivity contribution in [2.45, 2.75) is 51.3 Å². The van der Waals surface area contributed by atoms with E-state index in [1.807, 2.05) is 0 Å². The predicted molar refractivity (Wildman–Crippen MR) is 134 cm³/mol. The van der Waals surface area contributed by atoms with E-state index >= 15 is 0 Å². The average molecular weight is 629 g/mol. The highest BCUT2D eigenvalue weighted by atomic mass is 19.4. The van der Waals surface area contributed by atoms with Crippen LogP contribution in [0.4, 0.5) is 30.7 Å². The van der Waals surface area contributed by atoms with Crippen LogP contribution in [0.1, 0.15) is 44.1 Å². The van der Waals surface area contributed by atoms with Gasteiger partial charge in [0.25, 0.3) is 11.8 Å². The number of nitrogens with zero attached hydrogens (tertiary/aromatic N) is 7. The number of hydrogen-bond acceptors (Lipinski definition) is 8. The molecule has 0 bridgehead atoms. The Morgan fingerprint density at radius 2 is 1.50 bits per heavy atom. The monoisotopic (exact) mass is 629 g/mol. The maximum absolute atomic E-state index is 14.6. The van der Waals surface area contributed by atoms with Gasteiger partial charge in [0.05, 0.1) is 24.5 Å². The second-order valence-electron chi connectivity index (χ2n) is 9.22. The number of nitrogens with one attached hydrogen (secondary N) is 2. The first-order valence-electron chi connectivity index (χ1n) is 12.6. The van der Waals surface area contributed by atoms with E-state index in [1.165, 1.54) is 35.4 Å². The van der Waals surface area contributed by atoms with E-state index in [4.69, 9.17) is 0 Å². The molecule has 0 radical (unpaired) electrons. The number of aromatic nitrogens is 7. The minimum Gasteiger partial charge on any atom is -0.406 e. The third kappa shape index (κ3) is 9.46. The molecule has 0 aliphatic heterocycles. The molecule has 0 fully saturated rings. The van der Waals surface area contributed by atoms with Crippen LogP contribution in [0.25, 0.3) is 0 Å². The van der Waals surface area contributed by atoms with Crippen LogP contribution < -0.4 is 15.4 Å². The molecule has 19 heteroatoms. The fourth-order valence-electron chi connectivity index (χ4n) is 3.71. The molecule has 3 heterocycles. The van der Waals surface area contributed by atoms with Crippen molar-refractivity contribution in [3.63, 3.8) is 0 Å². The zero-order chi connectivity index (χ0) is 31.9. The van der Waals surface area contributed by atoms with Crippen LogP contribution in [0.15, 0.2) is 55.1 Å². The lowest BCUT2D eigenvalue weighted by atomic mass is 10.2. The second-order valence-corrected chi connectivity index (χ2v) is 9.22. The smallest absolute Gasteiger partial charge is 0.406 e. The highest BCUT2D eigenvalue weighted by Gasteiger charge is 2.32. The van der Waals surface area contributed by atoms with Gasteiger partial charge in [-0.15, -0.1) is 23.4 Å². The van der Waals surface area contributed by atoms with Gasteiger partial charge in [-0.2, -0.15) is 13.2 Å². The maximum atomic E-state index is 14.6. The summed E-state index contributed by atoms with van der Waals surface area (Å²) in [5, 5.41) is 19.7. The fraction of sp³-hybridized carbons (Fsp3) is 0.320. The van der Waals surface area contributed by atoms with Crippen LogP contribution >= 0.6 is 0 Å². The standard InChI is InChI=1S/C25H22F7N9O3/c26-18(12-41-14-21(37-39-41)23(43)35-10-16-6-17(11-33-8-16)24(27,28)29)4-5-40-13-20(36-38-40)22(42)34-9-15-2-1-3-19(7-15)44-25(30,31)32/h1-3,6-8,11,13-14,18H,4-5,9-10,12H2,(H,34,42)(H,35,43). The number of benzene rings is 1. The molecule has 4 aromatic rings. The molecule has 0 aliphatic rings. The molecule has 1 aromatic carbocycles. The highest BCUT2D eigenvalue weighted by Crippen LogP contribution is 2.29. The number of carbonyl (C=O) groups excluding carboxylic acids is 2. The normalized spacial score (nSPS) is 12.5. The second kappa shape index (κ2) is 13.5. The molecule has 2 N–H and O–H groups in total. The molecule has 0 saturated carbocycles. The van der Waals surface area contributed by atoms with Crippen LogP contribution in [-0.2, 0) is 32.4 Å². The summed E-state index contributed by atoms with van der Waals surface area (Å²) in [4.78, 5) is 28.2. The van der Waals surface area contributed by atoms with Crippen molar-refractivity contribution in [1.82, 2.24) is 45.6 Å². The predicted octanol–water partition coefficient (Wildman–Crippen LogP) is 3.47. The largest absolute Gasteiger partial charge is 0.573 e. The maximum Gasteiger partial charge on any atom is 0.573 e. The summed E-state index contributed by atoms with van der Waals surface area (Å²) in [6.07, 6.45) is -6.72. The number of carbonyl (C=O) groups is 2. The molecular formula is C25H22F7N9O3. The number of halogens is 7. The van der Waals surface area contributed by atoms with Crippen LogP contribution in [0, 0.1) is 0 Å². The Labute approximate surface area is 243 Å². The number of rotatable bonds is 12. The van der Waals surface area contributed by atoms with E-state index in [1.54, 1.807) is 0 Å². The first-order valence-corrected chi connectivity index (χ1v) is 12.6. The molecule has 4 rings (SSSR count). The number of hydrogen-bond donors (Lipinski definition) is 2. The van der Waals surface area contributed by atoms with Crippen molar-refractivity contribution < 1.29 is 45.1 Å². The van der Waals surface area contributed by atoms with Crippen molar-refractivity contribution in [2.24, 2.45) is 0 Å². The van der Waals surface area contributed by atoms with Gasteiger partial charge in [0.2, 0.25) is 0 Å². The van der Waals surface area contributed by atoms with Gasteiger partial charge in [0.1, 0.15) is 11.9 Å². The Hall–Kier alpha value is -5.10. The van der Waals surface area contributed by atoms with E-state index in [0.29, 0.717) is 11.8 Å². The Morgan fingerprint density at radius 3 is 2.16 bits per heavy atom. The first kappa shape index (κ1) is 31.8. The quantitative estimate of drug-likeness (QED) is 0.227. The third-order valence-electron chi connectivity index (χ3n) is 5.76. The molecule has 1 unspecified atom stereocenters. The van der Waals surface area contributed by atoms with Gasteiger partial charge in [-0.05, 0) is 29.3 Å². The van der Waals surface area contributed by atoms with Crippen molar-refractivity contribution in [3.05, 3.63) is 83.2 Å².